The van der Waals surface area contributed by atoms with Gasteiger partial charge >= 0.3 is 0 Å². The van der Waals surface area contributed by atoms with Gasteiger partial charge in [-0.2, -0.15) is 0 Å². The maximum absolute atomic E-state index is 12.4. The van der Waals surface area contributed by atoms with Crippen LogP contribution in [0.5, 0.6) is 0 Å². The second-order valence-corrected chi connectivity index (χ2v) is 3.37. The van der Waals surface area contributed by atoms with Crippen molar-refractivity contribution in [1.82, 2.24) is 10.3 Å². The smallest absolute Gasteiger partial charge is 0.115 e. The molecule has 1 aromatic rings. The average molecular weight is 192 g/mol. The van der Waals surface area contributed by atoms with E-state index in [2.05, 4.69) is 16.4 Å². The van der Waals surface area contributed by atoms with Gasteiger partial charge in [0, 0.05) is 12.7 Å². The summed E-state index contributed by atoms with van der Waals surface area (Å²) in [5.74, 6) is 0. The predicted octanol–water partition coefficient (Wildman–Crippen LogP) is 1.93. The molecule has 1 aromatic heterocycles. The fourth-order valence-corrected chi connectivity index (χ4v) is 1.59. The summed E-state index contributed by atoms with van der Waals surface area (Å²) in [6, 6.07) is 3.54. The number of hydrogen-bond donors (Lipinski definition) is 1. The monoisotopic (exact) mass is 192 g/mol. The molecule has 1 N–H and O–H groups in total. The molecule has 1 aliphatic heterocycles. The molecule has 0 radical (unpaired) electrons. The highest BCUT2D eigenvalue weighted by Gasteiger charge is 2.07. The lowest BCUT2D eigenvalue weighted by atomic mass is 10.0. The lowest BCUT2D eigenvalue weighted by Crippen LogP contribution is -2.20. The Kier molecular flexibility index (Phi) is 2.89. The van der Waals surface area contributed by atoms with Gasteiger partial charge in [-0.3, -0.25) is 4.98 Å². The van der Waals surface area contributed by atoms with Crippen LogP contribution < -0.4 is 5.32 Å². The Hall–Kier alpha value is -1.22. The topological polar surface area (TPSA) is 24.9 Å². The summed E-state index contributed by atoms with van der Waals surface area (Å²) in [5.41, 5.74) is 2.84. The highest BCUT2D eigenvalue weighted by atomic mass is 19.1. The van der Waals surface area contributed by atoms with Gasteiger partial charge in [0.15, 0.2) is 0 Å². The van der Waals surface area contributed by atoms with Crippen molar-refractivity contribution in [2.75, 3.05) is 13.1 Å². The minimum Gasteiger partial charge on any atom is -0.313 e. The number of pyridine rings is 1. The van der Waals surface area contributed by atoms with Gasteiger partial charge in [0.2, 0.25) is 0 Å². The molecule has 3 heteroatoms. The Labute approximate surface area is 82.9 Å². The summed E-state index contributed by atoms with van der Waals surface area (Å²) in [6.45, 7) is 1.45. The third-order valence-electron chi connectivity index (χ3n) is 2.37. The van der Waals surface area contributed by atoms with Crippen LogP contribution in [-0.2, 0) is 6.67 Å². The number of halogens is 1. The van der Waals surface area contributed by atoms with Gasteiger partial charge in [-0.05, 0) is 36.2 Å². The summed E-state index contributed by atoms with van der Waals surface area (Å²) < 4.78 is 12.4. The SMILES string of the molecule is FCc1ccnc(C2=CCNCC2)c1. The molecule has 2 heterocycles. The average Bonchev–Trinajstić information content (AvgIpc) is 2.30. The first-order valence-corrected chi connectivity index (χ1v) is 4.81. The molecule has 74 valence electrons. The van der Waals surface area contributed by atoms with E-state index in [-0.39, 0.29) is 0 Å². The van der Waals surface area contributed by atoms with Crippen LogP contribution in [0.1, 0.15) is 17.7 Å². The van der Waals surface area contributed by atoms with Crippen molar-refractivity contribution in [2.24, 2.45) is 0 Å². The van der Waals surface area contributed by atoms with Crippen LogP contribution in [0.3, 0.4) is 0 Å². The van der Waals surface area contributed by atoms with Crippen LogP contribution in [0, 0.1) is 0 Å². The zero-order valence-corrected chi connectivity index (χ0v) is 7.96. The molecule has 0 amide bonds. The van der Waals surface area contributed by atoms with Crippen molar-refractivity contribution in [3.8, 4) is 0 Å². The molecule has 0 atom stereocenters. The Morgan fingerprint density at radius 2 is 2.43 bits per heavy atom. The minimum absolute atomic E-state index is 0.416. The van der Waals surface area contributed by atoms with E-state index in [0.717, 1.165) is 25.2 Å². The highest BCUT2D eigenvalue weighted by Crippen LogP contribution is 2.18. The first kappa shape index (κ1) is 9.34. The molecule has 14 heavy (non-hydrogen) atoms. The van der Waals surface area contributed by atoms with Crippen LogP contribution in [0.25, 0.3) is 5.57 Å². The van der Waals surface area contributed by atoms with Gasteiger partial charge in [0.1, 0.15) is 6.67 Å². The minimum atomic E-state index is -0.416. The second kappa shape index (κ2) is 4.33. The molecular weight excluding hydrogens is 179 g/mol. The number of rotatable bonds is 2. The fourth-order valence-electron chi connectivity index (χ4n) is 1.59. The van der Waals surface area contributed by atoms with Crippen LogP contribution in [0.15, 0.2) is 24.4 Å². The third kappa shape index (κ3) is 1.99. The quantitative estimate of drug-likeness (QED) is 0.774. The summed E-state index contributed by atoms with van der Waals surface area (Å²) in [5, 5.41) is 3.23. The molecule has 2 rings (SSSR count). The number of nitrogens with one attached hydrogen (secondary N) is 1. The van der Waals surface area contributed by atoms with Gasteiger partial charge in [-0.1, -0.05) is 6.08 Å². The Morgan fingerprint density at radius 3 is 3.14 bits per heavy atom. The molecule has 1 aliphatic rings. The first-order chi connectivity index (χ1) is 6.90. The van der Waals surface area contributed by atoms with E-state index in [1.165, 1.54) is 5.57 Å². The van der Waals surface area contributed by atoms with E-state index in [0.29, 0.717) is 5.56 Å². The van der Waals surface area contributed by atoms with Crippen LogP contribution in [-0.4, -0.2) is 18.1 Å². The van der Waals surface area contributed by atoms with Gasteiger partial charge in [0.05, 0.1) is 5.69 Å². The molecule has 0 fully saturated rings. The molecule has 2 nitrogen and oxygen atoms in total. The standard InChI is InChI=1S/C11H13FN2/c12-8-9-1-6-14-11(7-9)10-2-4-13-5-3-10/h1-2,6-7,13H,3-5,8H2. The third-order valence-corrected chi connectivity index (χ3v) is 2.37. The number of hydrogen-bond acceptors (Lipinski definition) is 2. The lowest BCUT2D eigenvalue weighted by Gasteiger charge is -2.13. The normalized spacial score (nSPS) is 16.5. The van der Waals surface area contributed by atoms with Crippen LogP contribution >= 0.6 is 0 Å². The summed E-state index contributed by atoms with van der Waals surface area (Å²) in [4.78, 5) is 4.25. The second-order valence-electron chi connectivity index (χ2n) is 3.37. The molecule has 0 bridgehead atoms. The Morgan fingerprint density at radius 1 is 1.50 bits per heavy atom. The zero-order valence-electron chi connectivity index (χ0n) is 7.96. The van der Waals surface area contributed by atoms with Crippen molar-refractivity contribution in [3.63, 3.8) is 0 Å². The van der Waals surface area contributed by atoms with Crippen LogP contribution in [0.2, 0.25) is 0 Å². The largest absolute Gasteiger partial charge is 0.313 e. The summed E-state index contributed by atoms with van der Waals surface area (Å²) in [6.07, 6.45) is 4.77. The molecule has 0 saturated carbocycles. The van der Waals surface area contributed by atoms with Gasteiger partial charge in [-0.25, -0.2) is 4.39 Å². The van der Waals surface area contributed by atoms with Gasteiger partial charge in [-0.15, -0.1) is 0 Å². The number of alkyl halides is 1. The highest BCUT2D eigenvalue weighted by molar-refractivity contribution is 5.63. The molecule has 0 unspecified atom stereocenters. The molecule has 0 aromatic carbocycles. The molecule has 0 saturated heterocycles. The zero-order chi connectivity index (χ0) is 9.80. The van der Waals surface area contributed by atoms with Crippen molar-refractivity contribution in [2.45, 2.75) is 13.1 Å². The number of aromatic nitrogens is 1. The number of nitrogens with zero attached hydrogens (tertiary/aromatic N) is 1. The fraction of sp³-hybridized carbons (Fsp3) is 0.364. The predicted molar refractivity (Wildman–Crippen MR) is 54.5 cm³/mol. The van der Waals surface area contributed by atoms with Crippen molar-refractivity contribution in [3.05, 3.63) is 35.7 Å². The molecule has 0 spiro atoms. The maximum atomic E-state index is 12.4. The van der Waals surface area contributed by atoms with E-state index in [4.69, 9.17) is 0 Å². The summed E-state index contributed by atoms with van der Waals surface area (Å²) in [7, 11) is 0. The lowest BCUT2D eigenvalue weighted by molar-refractivity contribution is 0.485. The Balaban J connectivity index is 2.26. The van der Waals surface area contributed by atoms with Gasteiger partial charge in [0.25, 0.3) is 0 Å². The first-order valence-electron chi connectivity index (χ1n) is 4.81. The van der Waals surface area contributed by atoms with Crippen molar-refractivity contribution < 1.29 is 4.39 Å². The van der Waals surface area contributed by atoms with E-state index in [1.54, 1.807) is 12.3 Å². The van der Waals surface area contributed by atoms with E-state index in [9.17, 15) is 4.39 Å². The van der Waals surface area contributed by atoms with E-state index >= 15 is 0 Å². The van der Waals surface area contributed by atoms with Crippen LogP contribution in [0.4, 0.5) is 4.39 Å². The molecular formula is C11H13FN2. The van der Waals surface area contributed by atoms with E-state index < -0.39 is 6.67 Å². The van der Waals surface area contributed by atoms with Crippen molar-refractivity contribution >= 4 is 5.57 Å². The maximum Gasteiger partial charge on any atom is 0.115 e. The van der Waals surface area contributed by atoms with Gasteiger partial charge < -0.3 is 5.32 Å². The molecule has 0 aliphatic carbocycles. The van der Waals surface area contributed by atoms with Crippen molar-refractivity contribution in [1.29, 1.82) is 0 Å². The summed E-state index contributed by atoms with van der Waals surface area (Å²) >= 11 is 0. The Bertz CT molecular complexity index is 347. The van der Waals surface area contributed by atoms with E-state index in [1.807, 2.05) is 6.07 Å².